The van der Waals surface area contributed by atoms with Crippen LogP contribution in [-0.4, -0.2) is 15.5 Å². The van der Waals surface area contributed by atoms with Crippen molar-refractivity contribution in [2.45, 2.75) is 27.2 Å². The highest BCUT2D eigenvalue weighted by Crippen LogP contribution is 2.23. The van der Waals surface area contributed by atoms with Gasteiger partial charge in [-0.25, -0.2) is 4.98 Å². The maximum atomic E-state index is 12.3. The third-order valence-corrected chi connectivity index (χ3v) is 5.08. The third-order valence-electron chi connectivity index (χ3n) is 4.39. The fraction of sp³-hybridized carbons (Fsp3) is 0.190. The molecule has 0 radical (unpaired) electrons. The Hall–Kier alpha value is -3.17. The molecule has 0 saturated heterocycles. The Morgan fingerprint density at radius 1 is 1.33 bits per heavy atom. The first-order valence-electron chi connectivity index (χ1n) is 8.64. The molecule has 1 N–H and O–H groups in total. The molecule has 1 amide bonds. The smallest absolute Gasteiger partial charge is 0.268 e. The van der Waals surface area contributed by atoms with Gasteiger partial charge in [0, 0.05) is 28.7 Å². The molecule has 0 aliphatic carbocycles. The summed E-state index contributed by atoms with van der Waals surface area (Å²) in [7, 11) is 0. The predicted octanol–water partition coefficient (Wildman–Crippen LogP) is 4.66. The average Bonchev–Trinajstić information content (AvgIpc) is 3.27. The molecule has 136 valence electrons. The van der Waals surface area contributed by atoms with Crippen LogP contribution in [0.1, 0.15) is 29.4 Å². The molecule has 0 atom stereocenters. The van der Waals surface area contributed by atoms with Gasteiger partial charge in [-0.05, 0) is 55.7 Å². The van der Waals surface area contributed by atoms with Gasteiger partial charge in [-0.3, -0.25) is 10.1 Å². The number of hydrogen-bond acceptors (Lipinski definition) is 4. The lowest BCUT2D eigenvalue weighted by Gasteiger charge is -2.10. The maximum Gasteiger partial charge on any atom is 0.268 e. The van der Waals surface area contributed by atoms with E-state index < -0.39 is 5.91 Å². The van der Waals surface area contributed by atoms with Crippen molar-refractivity contribution in [2.24, 2.45) is 0 Å². The zero-order chi connectivity index (χ0) is 19.4. The topological polar surface area (TPSA) is 70.7 Å². The molecule has 3 rings (SSSR count). The summed E-state index contributed by atoms with van der Waals surface area (Å²) in [6.07, 6.45) is 4.23. The summed E-state index contributed by atoms with van der Waals surface area (Å²) < 4.78 is 2.12. The normalized spacial score (nSPS) is 11.3. The van der Waals surface area contributed by atoms with Crippen LogP contribution in [-0.2, 0) is 11.2 Å². The molecule has 5 nitrogen and oxygen atoms in total. The van der Waals surface area contributed by atoms with Crippen molar-refractivity contribution >= 4 is 28.5 Å². The minimum absolute atomic E-state index is 0.0479. The predicted molar refractivity (Wildman–Crippen MR) is 109 cm³/mol. The molecule has 6 heteroatoms. The molecule has 2 aromatic heterocycles. The SMILES string of the molecule is CCc1ccc(-n2c(C)cc(C=C(C#N)C(=O)Nc3nccs3)c2C)cc1. The zero-order valence-corrected chi connectivity index (χ0v) is 16.3. The number of rotatable bonds is 5. The molecule has 0 aliphatic heterocycles. The molecule has 0 fully saturated rings. The number of nitriles is 1. The van der Waals surface area contributed by atoms with E-state index in [0.29, 0.717) is 5.13 Å². The van der Waals surface area contributed by atoms with Gasteiger partial charge in [0.15, 0.2) is 5.13 Å². The van der Waals surface area contributed by atoms with Crippen LogP contribution >= 0.6 is 11.3 Å². The average molecular weight is 376 g/mol. The van der Waals surface area contributed by atoms with Gasteiger partial charge in [-0.15, -0.1) is 11.3 Å². The fourth-order valence-corrected chi connectivity index (χ4v) is 3.49. The van der Waals surface area contributed by atoms with Crippen LogP contribution in [0.5, 0.6) is 0 Å². The second kappa shape index (κ2) is 8.02. The van der Waals surface area contributed by atoms with Crippen LogP contribution in [0, 0.1) is 25.2 Å². The summed E-state index contributed by atoms with van der Waals surface area (Å²) in [5.41, 5.74) is 5.26. The lowest BCUT2D eigenvalue weighted by Crippen LogP contribution is -2.13. The molecule has 1 aromatic carbocycles. The van der Waals surface area contributed by atoms with Crippen molar-refractivity contribution in [1.29, 1.82) is 5.26 Å². The summed E-state index contributed by atoms with van der Waals surface area (Å²) in [6, 6.07) is 12.4. The quantitative estimate of drug-likeness (QED) is 0.520. The van der Waals surface area contributed by atoms with Gasteiger partial charge < -0.3 is 4.57 Å². The molecular weight excluding hydrogens is 356 g/mol. The lowest BCUT2D eigenvalue weighted by molar-refractivity contribution is -0.112. The monoisotopic (exact) mass is 376 g/mol. The molecule has 0 bridgehead atoms. The largest absolute Gasteiger partial charge is 0.318 e. The van der Waals surface area contributed by atoms with Crippen molar-refractivity contribution in [3.8, 4) is 11.8 Å². The first-order valence-corrected chi connectivity index (χ1v) is 9.52. The van der Waals surface area contributed by atoms with E-state index in [2.05, 4.69) is 46.1 Å². The van der Waals surface area contributed by atoms with E-state index in [1.54, 1.807) is 17.7 Å². The summed E-state index contributed by atoms with van der Waals surface area (Å²) in [4.78, 5) is 16.4. The molecule has 27 heavy (non-hydrogen) atoms. The number of thiazole rings is 1. The Morgan fingerprint density at radius 2 is 2.07 bits per heavy atom. The third kappa shape index (κ3) is 3.99. The van der Waals surface area contributed by atoms with Crippen molar-refractivity contribution < 1.29 is 4.79 Å². The van der Waals surface area contributed by atoms with Gasteiger partial charge in [-0.1, -0.05) is 19.1 Å². The summed E-state index contributed by atoms with van der Waals surface area (Å²) in [6.45, 7) is 6.13. The lowest BCUT2D eigenvalue weighted by atomic mass is 10.1. The summed E-state index contributed by atoms with van der Waals surface area (Å²) >= 11 is 1.31. The Bertz CT molecular complexity index is 1020. The van der Waals surface area contributed by atoms with E-state index in [0.717, 1.165) is 29.1 Å². The maximum absolute atomic E-state index is 12.3. The van der Waals surface area contributed by atoms with Gasteiger partial charge in [-0.2, -0.15) is 5.26 Å². The van der Waals surface area contributed by atoms with Crippen molar-refractivity contribution in [3.63, 3.8) is 0 Å². The Morgan fingerprint density at radius 3 is 2.67 bits per heavy atom. The van der Waals surface area contributed by atoms with E-state index in [9.17, 15) is 10.1 Å². The molecule has 0 saturated carbocycles. The van der Waals surface area contributed by atoms with E-state index in [-0.39, 0.29) is 5.57 Å². The van der Waals surface area contributed by atoms with Crippen LogP contribution in [0.2, 0.25) is 0 Å². The highest BCUT2D eigenvalue weighted by atomic mass is 32.1. The van der Waals surface area contributed by atoms with Crippen molar-refractivity contribution in [2.75, 3.05) is 5.32 Å². The highest BCUT2D eigenvalue weighted by molar-refractivity contribution is 7.13. The van der Waals surface area contributed by atoms with Gasteiger partial charge >= 0.3 is 0 Å². The number of anilines is 1. The molecule has 0 unspecified atom stereocenters. The van der Waals surface area contributed by atoms with E-state index in [1.165, 1.54) is 16.9 Å². The first-order chi connectivity index (χ1) is 13.0. The van der Waals surface area contributed by atoms with Gasteiger partial charge in [0.05, 0.1) is 0 Å². The fourth-order valence-electron chi connectivity index (χ4n) is 2.97. The van der Waals surface area contributed by atoms with Crippen molar-refractivity contribution in [1.82, 2.24) is 9.55 Å². The Kier molecular flexibility index (Phi) is 5.53. The van der Waals surface area contributed by atoms with Crippen LogP contribution < -0.4 is 5.32 Å². The number of nitrogens with one attached hydrogen (secondary N) is 1. The second-order valence-corrected chi connectivity index (χ2v) is 7.04. The standard InChI is InChI=1S/C21H20N4OS/c1-4-16-5-7-19(8-6-16)25-14(2)11-17(15(25)3)12-18(13-22)20(26)24-21-23-9-10-27-21/h5-12H,4H2,1-3H3,(H,23,24,26). The minimum Gasteiger partial charge on any atom is -0.318 e. The summed E-state index contributed by atoms with van der Waals surface area (Å²) in [5, 5.41) is 14.3. The number of hydrogen-bond donors (Lipinski definition) is 1. The van der Waals surface area contributed by atoms with Crippen molar-refractivity contribution in [3.05, 3.63) is 70.0 Å². The highest BCUT2D eigenvalue weighted by Gasteiger charge is 2.14. The number of aryl methyl sites for hydroxylation is 2. The van der Waals surface area contributed by atoms with E-state index in [1.807, 2.05) is 26.0 Å². The van der Waals surface area contributed by atoms with Crippen LogP contribution in [0.15, 0.2) is 47.5 Å². The molecular formula is C21H20N4OS. The molecule has 3 aromatic rings. The van der Waals surface area contributed by atoms with Gasteiger partial charge in [0.1, 0.15) is 11.6 Å². The van der Waals surface area contributed by atoms with E-state index in [4.69, 9.17) is 0 Å². The number of carbonyl (C=O) groups excluding carboxylic acids is 1. The van der Waals surface area contributed by atoms with Gasteiger partial charge in [0.2, 0.25) is 0 Å². The van der Waals surface area contributed by atoms with Crippen LogP contribution in [0.3, 0.4) is 0 Å². The van der Waals surface area contributed by atoms with Crippen LogP contribution in [0.25, 0.3) is 11.8 Å². The number of aromatic nitrogens is 2. The summed E-state index contributed by atoms with van der Waals surface area (Å²) in [5.74, 6) is -0.454. The minimum atomic E-state index is -0.454. The van der Waals surface area contributed by atoms with E-state index >= 15 is 0 Å². The van der Waals surface area contributed by atoms with Gasteiger partial charge in [0.25, 0.3) is 5.91 Å². The molecule has 2 heterocycles. The zero-order valence-electron chi connectivity index (χ0n) is 15.5. The number of amides is 1. The Balaban J connectivity index is 1.93. The Labute approximate surface area is 162 Å². The number of benzene rings is 1. The molecule has 0 aliphatic rings. The number of carbonyl (C=O) groups is 1. The molecule has 0 spiro atoms. The first kappa shape index (κ1) is 18.6. The number of nitrogens with zero attached hydrogens (tertiary/aromatic N) is 3. The second-order valence-electron chi connectivity index (χ2n) is 6.14. The van der Waals surface area contributed by atoms with Crippen LogP contribution in [0.4, 0.5) is 5.13 Å².